The van der Waals surface area contributed by atoms with Crippen LogP contribution in [0.15, 0.2) is 18.2 Å². The third-order valence-electron chi connectivity index (χ3n) is 3.27. The van der Waals surface area contributed by atoms with Crippen LogP contribution in [0.25, 0.3) is 0 Å². The lowest BCUT2D eigenvalue weighted by atomic mass is 10.1. The van der Waals surface area contributed by atoms with Gasteiger partial charge in [0, 0.05) is 12.8 Å². The number of nitrogens with zero attached hydrogens (tertiary/aromatic N) is 3. The van der Waals surface area contributed by atoms with Gasteiger partial charge in [0.2, 0.25) is 0 Å². The quantitative estimate of drug-likeness (QED) is 0.831. The van der Waals surface area contributed by atoms with Gasteiger partial charge >= 0.3 is 6.18 Å². The number of aliphatic hydroxyl groups is 1. The van der Waals surface area contributed by atoms with Crippen molar-refractivity contribution in [3.8, 4) is 11.5 Å². The van der Waals surface area contributed by atoms with Crippen LogP contribution in [0.5, 0.6) is 11.5 Å². The molecule has 0 bridgehead atoms. The van der Waals surface area contributed by atoms with E-state index in [4.69, 9.17) is 14.6 Å². The van der Waals surface area contributed by atoms with Crippen molar-refractivity contribution in [1.29, 1.82) is 0 Å². The third-order valence-corrected chi connectivity index (χ3v) is 3.27. The number of halogens is 3. The third kappa shape index (κ3) is 4.60. The first-order valence-electron chi connectivity index (χ1n) is 7.17. The Bertz CT molecular complexity index is 686. The van der Waals surface area contributed by atoms with Crippen LogP contribution in [-0.4, -0.2) is 46.9 Å². The Kier molecular flexibility index (Phi) is 5.66. The van der Waals surface area contributed by atoms with Crippen LogP contribution >= 0.6 is 0 Å². The molecular weight excluding hydrogens is 327 g/mol. The Labute approximate surface area is 136 Å². The average molecular weight is 345 g/mol. The second-order valence-corrected chi connectivity index (χ2v) is 5.06. The molecule has 1 aromatic carbocycles. The molecule has 0 atom stereocenters. The van der Waals surface area contributed by atoms with Crippen molar-refractivity contribution < 1.29 is 27.8 Å². The van der Waals surface area contributed by atoms with Crippen LogP contribution in [-0.2, 0) is 19.4 Å². The molecule has 0 radical (unpaired) electrons. The molecule has 0 aliphatic heterocycles. The zero-order valence-corrected chi connectivity index (χ0v) is 13.3. The van der Waals surface area contributed by atoms with Crippen LogP contribution in [0.2, 0.25) is 0 Å². The van der Waals surface area contributed by atoms with Crippen LogP contribution in [0.1, 0.15) is 17.2 Å². The van der Waals surface area contributed by atoms with E-state index >= 15 is 0 Å². The summed E-state index contributed by atoms with van der Waals surface area (Å²) in [5.41, 5.74) is 0.771. The monoisotopic (exact) mass is 345 g/mol. The summed E-state index contributed by atoms with van der Waals surface area (Å²) in [6, 6.07) is 5.18. The first kappa shape index (κ1) is 18.1. The van der Waals surface area contributed by atoms with Crippen LogP contribution < -0.4 is 9.47 Å². The molecule has 0 saturated carbocycles. The van der Waals surface area contributed by atoms with Gasteiger partial charge in [0.05, 0.1) is 20.8 Å². The van der Waals surface area contributed by atoms with Gasteiger partial charge < -0.3 is 14.6 Å². The number of rotatable bonds is 7. The van der Waals surface area contributed by atoms with E-state index in [-0.39, 0.29) is 31.1 Å². The summed E-state index contributed by atoms with van der Waals surface area (Å²) in [4.78, 5) is 4.10. The number of ether oxygens (including phenoxy) is 2. The fourth-order valence-electron chi connectivity index (χ4n) is 2.26. The number of benzene rings is 1. The standard InChI is InChI=1S/C15H18F3N3O3/c1-23-11-4-3-10(7-12(11)24-2)8-13-19-14(5-6-22)21(20-13)9-15(16,17)18/h3-4,7,22H,5-6,8-9H2,1-2H3. The lowest BCUT2D eigenvalue weighted by molar-refractivity contribution is -0.143. The van der Waals surface area contributed by atoms with E-state index in [9.17, 15) is 13.2 Å². The summed E-state index contributed by atoms with van der Waals surface area (Å²) in [5, 5.41) is 12.9. The summed E-state index contributed by atoms with van der Waals surface area (Å²) in [7, 11) is 3.01. The summed E-state index contributed by atoms with van der Waals surface area (Å²) in [5.74, 6) is 1.42. The molecule has 2 rings (SSSR count). The Morgan fingerprint density at radius 2 is 1.88 bits per heavy atom. The lowest BCUT2D eigenvalue weighted by Gasteiger charge is -2.08. The Balaban J connectivity index is 2.24. The summed E-state index contributed by atoms with van der Waals surface area (Å²) < 4.78 is 48.9. The van der Waals surface area contributed by atoms with E-state index in [0.29, 0.717) is 11.5 Å². The minimum Gasteiger partial charge on any atom is -0.493 e. The molecule has 1 N–H and O–H groups in total. The highest BCUT2D eigenvalue weighted by Crippen LogP contribution is 2.28. The van der Waals surface area contributed by atoms with E-state index < -0.39 is 12.7 Å². The predicted octanol–water partition coefficient (Wildman–Crippen LogP) is 1.98. The van der Waals surface area contributed by atoms with Gasteiger partial charge in [-0.1, -0.05) is 6.07 Å². The number of hydrogen-bond acceptors (Lipinski definition) is 5. The van der Waals surface area contributed by atoms with E-state index in [2.05, 4.69) is 10.1 Å². The van der Waals surface area contributed by atoms with Crippen molar-refractivity contribution in [1.82, 2.24) is 14.8 Å². The molecule has 0 aliphatic carbocycles. The lowest BCUT2D eigenvalue weighted by Crippen LogP contribution is -2.21. The van der Waals surface area contributed by atoms with Gasteiger partial charge in [-0.25, -0.2) is 9.67 Å². The van der Waals surface area contributed by atoms with Crippen LogP contribution in [0.3, 0.4) is 0 Å². The van der Waals surface area contributed by atoms with Crippen molar-refractivity contribution in [2.45, 2.75) is 25.6 Å². The van der Waals surface area contributed by atoms with Crippen LogP contribution in [0.4, 0.5) is 13.2 Å². The topological polar surface area (TPSA) is 69.4 Å². The number of aliphatic hydroxyl groups excluding tert-OH is 1. The van der Waals surface area contributed by atoms with Gasteiger partial charge in [0.1, 0.15) is 12.4 Å². The highest BCUT2D eigenvalue weighted by molar-refractivity contribution is 5.43. The number of hydrogen-bond donors (Lipinski definition) is 1. The maximum absolute atomic E-state index is 12.6. The first-order chi connectivity index (χ1) is 11.4. The minimum absolute atomic E-state index is 0.00894. The molecule has 0 unspecified atom stereocenters. The minimum atomic E-state index is -4.40. The fourth-order valence-corrected chi connectivity index (χ4v) is 2.26. The molecule has 0 spiro atoms. The molecule has 0 aliphatic rings. The molecule has 1 heterocycles. The van der Waals surface area contributed by atoms with Crippen molar-refractivity contribution in [3.63, 3.8) is 0 Å². The number of methoxy groups -OCH3 is 2. The molecule has 2 aromatic rings. The normalized spacial score (nSPS) is 11.6. The summed E-state index contributed by atoms with van der Waals surface area (Å²) in [6.07, 6.45) is -4.16. The summed E-state index contributed by atoms with van der Waals surface area (Å²) >= 11 is 0. The Morgan fingerprint density at radius 3 is 2.46 bits per heavy atom. The van der Waals surface area contributed by atoms with Gasteiger partial charge in [0.15, 0.2) is 17.3 Å². The van der Waals surface area contributed by atoms with Gasteiger partial charge in [-0.05, 0) is 17.7 Å². The van der Waals surface area contributed by atoms with Crippen molar-refractivity contribution >= 4 is 0 Å². The second kappa shape index (κ2) is 7.52. The highest BCUT2D eigenvalue weighted by atomic mass is 19.4. The van der Waals surface area contributed by atoms with Crippen molar-refractivity contribution in [3.05, 3.63) is 35.4 Å². The van der Waals surface area contributed by atoms with Gasteiger partial charge in [-0.15, -0.1) is 0 Å². The first-order valence-corrected chi connectivity index (χ1v) is 7.17. The van der Waals surface area contributed by atoms with Crippen molar-refractivity contribution in [2.75, 3.05) is 20.8 Å². The molecule has 0 saturated heterocycles. The highest BCUT2D eigenvalue weighted by Gasteiger charge is 2.30. The Hall–Kier alpha value is -2.29. The molecule has 1 aromatic heterocycles. The van der Waals surface area contributed by atoms with E-state index in [1.807, 2.05) is 0 Å². The van der Waals surface area contributed by atoms with Crippen LogP contribution in [0, 0.1) is 0 Å². The zero-order chi connectivity index (χ0) is 17.7. The van der Waals surface area contributed by atoms with Gasteiger partial charge in [-0.2, -0.15) is 18.3 Å². The maximum atomic E-state index is 12.6. The predicted molar refractivity (Wildman–Crippen MR) is 79.2 cm³/mol. The van der Waals surface area contributed by atoms with Crippen molar-refractivity contribution in [2.24, 2.45) is 0 Å². The van der Waals surface area contributed by atoms with Gasteiger partial charge in [0.25, 0.3) is 0 Å². The molecule has 0 amide bonds. The number of aromatic nitrogens is 3. The second-order valence-electron chi connectivity index (χ2n) is 5.06. The van der Waals surface area contributed by atoms with E-state index in [1.54, 1.807) is 18.2 Å². The SMILES string of the molecule is COc1ccc(Cc2nc(CCO)n(CC(F)(F)F)n2)cc1OC. The molecule has 132 valence electrons. The average Bonchev–Trinajstić information content (AvgIpc) is 2.87. The smallest absolute Gasteiger partial charge is 0.408 e. The molecule has 0 fully saturated rings. The fraction of sp³-hybridized carbons (Fsp3) is 0.467. The van der Waals surface area contributed by atoms with E-state index in [0.717, 1.165) is 10.2 Å². The van der Waals surface area contributed by atoms with Gasteiger partial charge in [-0.3, -0.25) is 0 Å². The Morgan fingerprint density at radius 1 is 1.17 bits per heavy atom. The molecule has 24 heavy (non-hydrogen) atoms. The number of alkyl halides is 3. The molecule has 6 nitrogen and oxygen atoms in total. The maximum Gasteiger partial charge on any atom is 0.408 e. The zero-order valence-electron chi connectivity index (χ0n) is 13.3. The summed E-state index contributed by atoms with van der Waals surface area (Å²) in [6.45, 7) is -1.53. The van der Waals surface area contributed by atoms with E-state index in [1.165, 1.54) is 14.2 Å². The molecular formula is C15H18F3N3O3. The molecule has 9 heteroatoms. The largest absolute Gasteiger partial charge is 0.493 e.